The van der Waals surface area contributed by atoms with Gasteiger partial charge in [-0.3, -0.25) is 4.90 Å². The number of rotatable bonds is 3. The third-order valence-corrected chi connectivity index (χ3v) is 4.07. The Hall–Kier alpha value is -0.000000000000000111. The van der Waals surface area contributed by atoms with Gasteiger partial charge in [-0.05, 0) is 30.7 Å². The molecule has 1 aromatic rings. The molecule has 0 aromatic heterocycles. The Kier molecular flexibility index (Phi) is 9.03. The van der Waals surface area contributed by atoms with Crippen LogP contribution in [0.25, 0.3) is 0 Å². The lowest BCUT2D eigenvalue weighted by Gasteiger charge is -2.33. The molecule has 0 saturated carbocycles. The Labute approximate surface area is 136 Å². The van der Waals surface area contributed by atoms with Gasteiger partial charge in [0.2, 0.25) is 0 Å². The molecule has 3 nitrogen and oxygen atoms in total. The standard InChI is InChI=1S/C13H19BrN2O.2ClH/c1-10(16-7-5-15-6-8-16)12-9-11(17-2)3-4-13(12)14;;/h3-4,9-10,15H,5-8H2,1-2H3;2*1H/t10-;;/m1../s1. The highest BCUT2D eigenvalue weighted by Crippen LogP contribution is 2.30. The predicted molar refractivity (Wildman–Crippen MR) is 88.0 cm³/mol. The van der Waals surface area contributed by atoms with Gasteiger partial charge in [0.1, 0.15) is 5.75 Å². The molecule has 0 bridgehead atoms. The van der Waals surface area contributed by atoms with Gasteiger partial charge in [0.05, 0.1) is 7.11 Å². The van der Waals surface area contributed by atoms with E-state index >= 15 is 0 Å². The third-order valence-electron chi connectivity index (χ3n) is 3.35. The Morgan fingerprint density at radius 1 is 1.26 bits per heavy atom. The molecule has 0 spiro atoms. The molecule has 19 heavy (non-hydrogen) atoms. The zero-order chi connectivity index (χ0) is 12.3. The minimum Gasteiger partial charge on any atom is -0.497 e. The van der Waals surface area contributed by atoms with Gasteiger partial charge in [-0.2, -0.15) is 0 Å². The molecule has 1 fully saturated rings. The van der Waals surface area contributed by atoms with Crippen LogP contribution in [0.5, 0.6) is 5.75 Å². The van der Waals surface area contributed by atoms with Gasteiger partial charge in [0.25, 0.3) is 0 Å². The largest absolute Gasteiger partial charge is 0.497 e. The van der Waals surface area contributed by atoms with Crippen LogP contribution in [0, 0.1) is 0 Å². The van der Waals surface area contributed by atoms with Crippen molar-refractivity contribution in [1.29, 1.82) is 0 Å². The minimum atomic E-state index is 0. The van der Waals surface area contributed by atoms with Crippen LogP contribution >= 0.6 is 40.7 Å². The van der Waals surface area contributed by atoms with E-state index in [0.717, 1.165) is 36.4 Å². The molecule has 1 heterocycles. The van der Waals surface area contributed by atoms with E-state index in [1.165, 1.54) is 5.56 Å². The van der Waals surface area contributed by atoms with Crippen LogP contribution in [0.4, 0.5) is 0 Å². The summed E-state index contributed by atoms with van der Waals surface area (Å²) in [7, 11) is 1.71. The van der Waals surface area contributed by atoms with Gasteiger partial charge in [-0.25, -0.2) is 0 Å². The van der Waals surface area contributed by atoms with Crippen LogP contribution in [0.15, 0.2) is 22.7 Å². The van der Waals surface area contributed by atoms with Crippen molar-refractivity contribution in [2.45, 2.75) is 13.0 Å². The molecule has 0 amide bonds. The molecule has 1 aliphatic heterocycles. The number of ether oxygens (including phenoxy) is 1. The van der Waals surface area contributed by atoms with E-state index in [9.17, 15) is 0 Å². The Morgan fingerprint density at radius 2 is 1.89 bits per heavy atom. The first kappa shape index (κ1) is 19.0. The van der Waals surface area contributed by atoms with E-state index in [1.807, 2.05) is 6.07 Å². The molecule has 6 heteroatoms. The highest BCUT2D eigenvalue weighted by molar-refractivity contribution is 9.10. The Morgan fingerprint density at radius 3 is 2.47 bits per heavy atom. The number of hydrogen-bond donors (Lipinski definition) is 1. The zero-order valence-corrected chi connectivity index (χ0v) is 14.4. The number of nitrogens with one attached hydrogen (secondary N) is 1. The van der Waals surface area contributed by atoms with Gasteiger partial charge < -0.3 is 10.1 Å². The lowest BCUT2D eigenvalue weighted by molar-refractivity contribution is 0.185. The van der Waals surface area contributed by atoms with E-state index in [0.29, 0.717) is 6.04 Å². The molecular formula is C13H21BrCl2N2O. The fraction of sp³-hybridized carbons (Fsp3) is 0.538. The lowest BCUT2D eigenvalue weighted by Crippen LogP contribution is -2.44. The third kappa shape index (κ3) is 4.80. The number of methoxy groups -OCH3 is 1. The first-order chi connectivity index (χ1) is 8.22. The SMILES string of the molecule is COc1ccc(Br)c([C@@H](C)N2CCNCC2)c1.Cl.Cl. The summed E-state index contributed by atoms with van der Waals surface area (Å²) in [6.45, 7) is 6.61. The maximum atomic E-state index is 5.30. The van der Waals surface area contributed by atoms with Crippen molar-refractivity contribution < 1.29 is 4.74 Å². The molecule has 110 valence electrons. The second-order valence-corrected chi connectivity index (χ2v) is 5.20. The first-order valence-corrected chi connectivity index (χ1v) is 6.80. The van der Waals surface area contributed by atoms with E-state index in [1.54, 1.807) is 7.11 Å². The molecule has 2 rings (SSSR count). The zero-order valence-electron chi connectivity index (χ0n) is 11.2. The minimum absolute atomic E-state index is 0. The van der Waals surface area contributed by atoms with Crippen LogP contribution in [0.3, 0.4) is 0 Å². The van der Waals surface area contributed by atoms with Gasteiger partial charge in [0, 0.05) is 36.7 Å². The normalized spacial score (nSPS) is 17.0. The number of benzene rings is 1. The number of halogens is 3. The predicted octanol–water partition coefficient (Wildman–Crippen LogP) is 3.27. The van der Waals surface area contributed by atoms with E-state index in [2.05, 4.69) is 45.2 Å². The van der Waals surface area contributed by atoms with Crippen LogP contribution in [0.2, 0.25) is 0 Å². The molecule has 1 saturated heterocycles. The Balaban J connectivity index is 0.00000162. The lowest BCUT2D eigenvalue weighted by atomic mass is 10.1. The van der Waals surface area contributed by atoms with E-state index in [4.69, 9.17) is 4.74 Å². The summed E-state index contributed by atoms with van der Waals surface area (Å²) in [5, 5.41) is 3.38. The quantitative estimate of drug-likeness (QED) is 0.882. The first-order valence-electron chi connectivity index (χ1n) is 6.00. The van der Waals surface area contributed by atoms with Crippen molar-refractivity contribution in [3.05, 3.63) is 28.2 Å². The summed E-state index contributed by atoms with van der Waals surface area (Å²) in [6, 6.07) is 6.59. The second-order valence-electron chi connectivity index (χ2n) is 4.35. The second kappa shape index (κ2) is 9.03. The molecule has 0 unspecified atom stereocenters. The van der Waals surface area contributed by atoms with Crippen molar-refractivity contribution in [1.82, 2.24) is 10.2 Å². The topological polar surface area (TPSA) is 24.5 Å². The summed E-state index contributed by atoms with van der Waals surface area (Å²) in [5.74, 6) is 0.921. The van der Waals surface area contributed by atoms with Gasteiger partial charge in [-0.15, -0.1) is 24.8 Å². The fourth-order valence-corrected chi connectivity index (χ4v) is 2.81. The number of piperazine rings is 1. The molecule has 0 aliphatic carbocycles. The summed E-state index contributed by atoms with van der Waals surface area (Å²) in [4.78, 5) is 2.50. The van der Waals surface area contributed by atoms with Crippen molar-refractivity contribution in [2.24, 2.45) is 0 Å². The average Bonchev–Trinajstić information content (AvgIpc) is 2.39. The van der Waals surface area contributed by atoms with E-state index < -0.39 is 0 Å². The average molecular weight is 372 g/mol. The van der Waals surface area contributed by atoms with Gasteiger partial charge >= 0.3 is 0 Å². The fourth-order valence-electron chi connectivity index (χ4n) is 2.24. The molecule has 1 aromatic carbocycles. The number of nitrogens with zero attached hydrogens (tertiary/aromatic N) is 1. The van der Waals surface area contributed by atoms with Crippen LogP contribution < -0.4 is 10.1 Å². The molecule has 0 radical (unpaired) electrons. The smallest absolute Gasteiger partial charge is 0.119 e. The maximum absolute atomic E-state index is 5.30. The monoisotopic (exact) mass is 370 g/mol. The summed E-state index contributed by atoms with van der Waals surface area (Å²) in [5.41, 5.74) is 1.30. The molecule has 1 atom stereocenters. The van der Waals surface area contributed by atoms with Crippen LogP contribution in [0.1, 0.15) is 18.5 Å². The maximum Gasteiger partial charge on any atom is 0.119 e. The summed E-state index contributed by atoms with van der Waals surface area (Å²) < 4.78 is 6.45. The molecule has 1 N–H and O–H groups in total. The van der Waals surface area contributed by atoms with Crippen molar-refractivity contribution >= 4 is 40.7 Å². The number of hydrogen-bond acceptors (Lipinski definition) is 3. The van der Waals surface area contributed by atoms with Gasteiger partial charge in [-0.1, -0.05) is 15.9 Å². The highest BCUT2D eigenvalue weighted by atomic mass is 79.9. The molecular weight excluding hydrogens is 351 g/mol. The van der Waals surface area contributed by atoms with Crippen molar-refractivity contribution in [3.8, 4) is 5.75 Å². The van der Waals surface area contributed by atoms with Crippen LogP contribution in [-0.2, 0) is 0 Å². The van der Waals surface area contributed by atoms with Crippen molar-refractivity contribution in [2.75, 3.05) is 33.3 Å². The highest BCUT2D eigenvalue weighted by Gasteiger charge is 2.20. The summed E-state index contributed by atoms with van der Waals surface area (Å²) in [6.07, 6.45) is 0. The van der Waals surface area contributed by atoms with Crippen LogP contribution in [-0.4, -0.2) is 38.2 Å². The summed E-state index contributed by atoms with van der Waals surface area (Å²) >= 11 is 3.63. The van der Waals surface area contributed by atoms with E-state index in [-0.39, 0.29) is 24.8 Å². The Bertz CT molecular complexity index is 387. The van der Waals surface area contributed by atoms with Crippen molar-refractivity contribution in [3.63, 3.8) is 0 Å². The van der Waals surface area contributed by atoms with Gasteiger partial charge in [0.15, 0.2) is 0 Å². The molecule has 1 aliphatic rings.